The highest BCUT2D eigenvalue weighted by molar-refractivity contribution is 5.65. The second-order valence-electron chi connectivity index (χ2n) is 3.59. The summed E-state index contributed by atoms with van der Waals surface area (Å²) in [6, 6.07) is 6.38. The molecule has 1 aromatic carbocycles. The zero-order valence-corrected chi connectivity index (χ0v) is 9.65. The predicted octanol–water partition coefficient (Wildman–Crippen LogP) is 0.392. The van der Waals surface area contributed by atoms with Crippen LogP contribution in [0.15, 0.2) is 24.5 Å². The Labute approximate surface area is 107 Å². The number of para-hydroxylation sites is 1. The smallest absolute Gasteiger partial charge is 0.293 e. The van der Waals surface area contributed by atoms with Crippen molar-refractivity contribution in [1.29, 1.82) is 5.26 Å². The van der Waals surface area contributed by atoms with Crippen LogP contribution in [-0.4, -0.2) is 19.7 Å². The number of nitro benzene ring substituents is 1. The van der Waals surface area contributed by atoms with Gasteiger partial charge in [0.25, 0.3) is 11.5 Å². The Bertz CT molecular complexity index is 658. The number of nitrogen functional groups attached to an aromatic ring is 1. The van der Waals surface area contributed by atoms with Gasteiger partial charge in [0.1, 0.15) is 18.1 Å². The van der Waals surface area contributed by atoms with Crippen LogP contribution >= 0.6 is 0 Å². The van der Waals surface area contributed by atoms with Crippen LogP contribution in [0, 0.1) is 21.4 Å². The predicted molar refractivity (Wildman–Crippen MR) is 64.7 cm³/mol. The van der Waals surface area contributed by atoms with Crippen molar-refractivity contribution in [2.45, 2.75) is 6.54 Å². The van der Waals surface area contributed by atoms with E-state index in [9.17, 15) is 10.1 Å². The number of benzene rings is 1. The topological polar surface area (TPSA) is 136 Å². The molecule has 0 amide bonds. The molecule has 0 saturated heterocycles. The Morgan fingerprint density at radius 2 is 2.37 bits per heavy atom. The van der Waals surface area contributed by atoms with Gasteiger partial charge in [-0.15, -0.1) is 5.10 Å². The number of aromatic nitrogens is 3. The Morgan fingerprint density at radius 1 is 1.58 bits per heavy atom. The molecule has 0 saturated carbocycles. The number of nitrogens with two attached hydrogens (primary N) is 1. The molecule has 0 aliphatic carbocycles. The van der Waals surface area contributed by atoms with Crippen LogP contribution < -0.4 is 11.3 Å². The van der Waals surface area contributed by atoms with Crippen molar-refractivity contribution in [2.24, 2.45) is 5.84 Å². The maximum Gasteiger partial charge on any atom is 0.293 e. The van der Waals surface area contributed by atoms with E-state index in [0.717, 1.165) is 0 Å². The first kappa shape index (κ1) is 12.5. The van der Waals surface area contributed by atoms with Gasteiger partial charge < -0.3 is 5.43 Å². The van der Waals surface area contributed by atoms with Gasteiger partial charge in [0.05, 0.1) is 11.5 Å². The van der Waals surface area contributed by atoms with E-state index >= 15 is 0 Å². The van der Waals surface area contributed by atoms with Crippen molar-refractivity contribution in [1.82, 2.24) is 14.8 Å². The number of nitro groups is 1. The number of anilines is 1. The first-order valence-corrected chi connectivity index (χ1v) is 5.18. The molecule has 0 aliphatic rings. The minimum absolute atomic E-state index is 0.0349. The molecule has 3 N–H and O–H groups in total. The quantitative estimate of drug-likeness (QED) is 0.460. The molecule has 2 rings (SSSR count). The van der Waals surface area contributed by atoms with Gasteiger partial charge in [0, 0.05) is 11.6 Å². The Balaban J connectivity index is 2.37. The number of hydrogen-bond acceptors (Lipinski definition) is 7. The van der Waals surface area contributed by atoms with Gasteiger partial charge in [-0.1, -0.05) is 12.1 Å². The summed E-state index contributed by atoms with van der Waals surface area (Å²) < 4.78 is 1.40. The normalized spacial score (nSPS) is 9.89. The van der Waals surface area contributed by atoms with E-state index in [1.165, 1.54) is 17.1 Å². The molecule has 0 unspecified atom stereocenters. The third-order valence-electron chi connectivity index (χ3n) is 2.44. The van der Waals surface area contributed by atoms with E-state index in [2.05, 4.69) is 15.5 Å². The van der Waals surface area contributed by atoms with Crippen LogP contribution in [0.1, 0.15) is 11.4 Å². The average molecular weight is 259 g/mol. The third kappa shape index (κ3) is 2.48. The fourth-order valence-corrected chi connectivity index (χ4v) is 1.63. The summed E-state index contributed by atoms with van der Waals surface area (Å²) in [7, 11) is 0. The molecule has 1 heterocycles. The summed E-state index contributed by atoms with van der Waals surface area (Å²) in [6.07, 6.45) is 1.37. The molecule has 0 bridgehead atoms. The van der Waals surface area contributed by atoms with Gasteiger partial charge in [-0.2, -0.15) is 5.26 Å². The van der Waals surface area contributed by atoms with Gasteiger partial charge in [0.15, 0.2) is 0 Å². The average Bonchev–Trinajstić information content (AvgIpc) is 2.86. The number of nitrogens with zero attached hydrogens (tertiary/aromatic N) is 5. The lowest BCUT2D eigenvalue weighted by Gasteiger charge is -2.08. The van der Waals surface area contributed by atoms with Crippen molar-refractivity contribution in [2.75, 3.05) is 5.43 Å². The monoisotopic (exact) mass is 259 g/mol. The Morgan fingerprint density at radius 3 is 2.95 bits per heavy atom. The molecule has 0 radical (unpaired) electrons. The minimum atomic E-state index is -0.527. The maximum absolute atomic E-state index is 10.9. The molecule has 0 atom stereocenters. The van der Waals surface area contributed by atoms with E-state index in [1.807, 2.05) is 0 Å². The first-order chi connectivity index (χ1) is 9.15. The molecular weight excluding hydrogens is 250 g/mol. The summed E-state index contributed by atoms with van der Waals surface area (Å²) in [5, 5.41) is 23.4. The number of hydrazine groups is 1. The fourth-order valence-electron chi connectivity index (χ4n) is 1.63. The van der Waals surface area contributed by atoms with Gasteiger partial charge in [0.2, 0.25) is 0 Å². The molecule has 0 spiro atoms. The number of rotatable bonds is 4. The Kier molecular flexibility index (Phi) is 3.35. The lowest BCUT2D eigenvalue weighted by atomic mass is 10.1. The van der Waals surface area contributed by atoms with Crippen molar-refractivity contribution >= 4 is 11.4 Å². The summed E-state index contributed by atoms with van der Waals surface area (Å²) in [6.45, 7) is 0.218. The third-order valence-corrected chi connectivity index (χ3v) is 2.44. The van der Waals surface area contributed by atoms with Gasteiger partial charge in [-0.3, -0.25) is 16.0 Å². The van der Waals surface area contributed by atoms with Gasteiger partial charge >= 0.3 is 0 Å². The molecular formula is C10H9N7O2. The molecule has 1 aromatic heterocycles. The standard InChI is InChI=1S/C10H9N7O2/c11-4-9-13-6-16(15-9)5-7-2-1-3-8(17(18)19)10(7)14-12/h1-3,6,14H,5,12H2. The fraction of sp³-hybridized carbons (Fsp3) is 0.100. The summed E-state index contributed by atoms with van der Waals surface area (Å²) in [4.78, 5) is 14.1. The highest BCUT2D eigenvalue weighted by atomic mass is 16.6. The van der Waals surface area contributed by atoms with Crippen molar-refractivity contribution in [3.05, 3.63) is 46.0 Å². The van der Waals surface area contributed by atoms with Crippen LogP contribution in [0.4, 0.5) is 11.4 Å². The SMILES string of the molecule is N#Cc1ncn(Cc2cccc([N+](=O)[O-])c2NN)n1. The zero-order valence-electron chi connectivity index (χ0n) is 9.65. The largest absolute Gasteiger partial charge is 0.318 e. The molecule has 9 heteroatoms. The van der Waals surface area contributed by atoms with Gasteiger partial charge in [-0.05, 0) is 0 Å². The van der Waals surface area contributed by atoms with E-state index in [0.29, 0.717) is 5.56 Å². The molecule has 19 heavy (non-hydrogen) atoms. The molecule has 2 aromatic rings. The van der Waals surface area contributed by atoms with Crippen LogP contribution in [0.5, 0.6) is 0 Å². The van der Waals surface area contributed by atoms with E-state index in [4.69, 9.17) is 11.1 Å². The van der Waals surface area contributed by atoms with Crippen LogP contribution in [0.3, 0.4) is 0 Å². The van der Waals surface area contributed by atoms with E-state index < -0.39 is 4.92 Å². The number of nitriles is 1. The molecule has 96 valence electrons. The number of nitrogens with one attached hydrogen (secondary N) is 1. The van der Waals surface area contributed by atoms with E-state index in [1.54, 1.807) is 18.2 Å². The van der Waals surface area contributed by atoms with Crippen molar-refractivity contribution in [3.63, 3.8) is 0 Å². The lowest BCUT2D eigenvalue weighted by Crippen LogP contribution is -2.13. The summed E-state index contributed by atoms with van der Waals surface area (Å²) in [5.74, 6) is 5.36. The van der Waals surface area contributed by atoms with Gasteiger partial charge in [-0.25, -0.2) is 9.67 Å². The van der Waals surface area contributed by atoms with Crippen LogP contribution in [-0.2, 0) is 6.54 Å². The molecule has 9 nitrogen and oxygen atoms in total. The van der Waals surface area contributed by atoms with E-state index in [-0.39, 0.29) is 23.7 Å². The van der Waals surface area contributed by atoms with Crippen LogP contribution in [0.25, 0.3) is 0 Å². The van der Waals surface area contributed by atoms with Crippen molar-refractivity contribution < 1.29 is 4.92 Å². The lowest BCUT2D eigenvalue weighted by molar-refractivity contribution is -0.384. The maximum atomic E-state index is 10.9. The minimum Gasteiger partial charge on any atom is -0.318 e. The first-order valence-electron chi connectivity index (χ1n) is 5.18. The number of hydrogen-bond donors (Lipinski definition) is 2. The van der Waals surface area contributed by atoms with Crippen LogP contribution in [0.2, 0.25) is 0 Å². The molecule has 0 aliphatic heterocycles. The summed E-state index contributed by atoms with van der Waals surface area (Å²) >= 11 is 0. The summed E-state index contributed by atoms with van der Waals surface area (Å²) in [5.41, 5.74) is 2.98. The zero-order chi connectivity index (χ0) is 13.8. The second kappa shape index (κ2) is 5.11. The highest BCUT2D eigenvalue weighted by Crippen LogP contribution is 2.27. The second-order valence-corrected chi connectivity index (χ2v) is 3.59. The van der Waals surface area contributed by atoms with Crippen molar-refractivity contribution in [3.8, 4) is 6.07 Å². The Hall–Kier alpha value is -2.99. The molecule has 0 fully saturated rings. The highest BCUT2D eigenvalue weighted by Gasteiger charge is 2.16.